The van der Waals surface area contributed by atoms with Crippen molar-refractivity contribution in [1.29, 1.82) is 0 Å². The Morgan fingerprint density at radius 3 is 2.48 bits per heavy atom. The van der Waals surface area contributed by atoms with E-state index in [-0.39, 0.29) is 12.6 Å². The molecule has 1 atom stereocenters. The molecule has 0 aliphatic carbocycles. The first-order valence-electron chi connectivity index (χ1n) is 7.28. The van der Waals surface area contributed by atoms with Crippen molar-refractivity contribution >= 4 is 17.7 Å². The second kappa shape index (κ2) is 9.07. The van der Waals surface area contributed by atoms with E-state index in [1.807, 2.05) is 44.2 Å². The van der Waals surface area contributed by atoms with Crippen molar-refractivity contribution in [3.63, 3.8) is 0 Å². The van der Waals surface area contributed by atoms with Gasteiger partial charge in [-0.05, 0) is 43.8 Å². The van der Waals surface area contributed by atoms with Crippen LogP contribution in [0.5, 0.6) is 0 Å². The van der Waals surface area contributed by atoms with Crippen LogP contribution in [0.1, 0.15) is 32.3 Å². The second-order valence-corrected chi connectivity index (χ2v) is 6.54. The second-order valence-electron chi connectivity index (χ2n) is 5.32. The van der Waals surface area contributed by atoms with E-state index < -0.39 is 11.5 Å². The molecule has 0 fully saturated rings. The summed E-state index contributed by atoms with van der Waals surface area (Å²) in [4.78, 5) is 12.0. The van der Waals surface area contributed by atoms with Crippen LogP contribution < -0.4 is 5.32 Å². The number of carboxylic acids is 1. The first kappa shape index (κ1) is 18.0. The van der Waals surface area contributed by atoms with Crippen LogP contribution in [0.25, 0.3) is 0 Å². The Bertz CT molecular complexity index is 425. The molecule has 1 aromatic rings. The molecule has 0 aliphatic rings. The minimum atomic E-state index is -1.05. The Balaban J connectivity index is 2.89. The number of hydrogen-bond donors (Lipinski definition) is 3. The zero-order valence-corrected chi connectivity index (χ0v) is 13.5. The van der Waals surface area contributed by atoms with Crippen molar-refractivity contribution in [2.24, 2.45) is 0 Å². The van der Waals surface area contributed by atoms with Gasteiger partial charge < -0.3 is 10.2 Å². The number of rotatable bonds is 10. The van der Waals surface area contributed by atoms with Gasteiger partial charge >= 0.3 is 5.97 Å². The van der Waals surface area contributed by atoms with E-state index in [0.29, 0.717) is 6.42 Å². The summed E-state index contributed by atoms with van der Waals surface area (Å²) in [5.41, 5.74) is -0.268. The molecule has 0 heterocycles. The Morgan fingerprint density at radius 1 is 1.29 bits per heavy atom. The number of aliphatic carboxylic acids is 1. The van der Waals surface area contributed by atoms with Crippen molar-refractivity contribution < 1.29 is 15.0 Å². The van der Waals surface area contributed by atoms with E-state index in [1.54, 1.807) is 11.8 Å². The molecule has 1 rings (SSSR count). The highest BCUT2D eigenvalue weighted by molar-refractivity contribution is 7.99. The van der Waals surface area contributed by atoms with Crippen molar-refractivity contribution in [2.75, 3.05) is 18.1 Å². The molecule has 1 aromatic carbocycles. The van der Waals surface area contributed by atoms with Crippen LogP contribution >= 0.6 is 11.8 Å². The predicted molar refractivity (Wildman–Crippen MR) is 87.7 cm³/mol. The third-order valence-electron chi connectivity index (χ3n) is 3.23. The summed E-state index contributed by atoms with van der Waals surface area (Å²) in [7, 11) is 0. The van der Waals surface area contributed by atoms with Crippen LogP contribution in [0, 0.1) is 0 Å². The lowest BCUT2D eigenvalue weighted by Crippen LogP contribution is -2.52. The molecular weight excluding hydrogens is 286 g/mol. The van der Waals surface area contributed by atoms with E-state index in [2.05, 4.69) is 5.32 Å². The first-order chi connectivity index (χ1) is 10.0. The van der Waals surface area contributed by atoms with Gasteiger partial charge in [0.05, 0.1) is 0 Å². The SMILES string of the molecule is CC(C)NC(CCSCCCO)(C(=O)O)c1ccccc1. The van der Waals surface area contributed by atoms with Crippen molar-refractivity contribution in [3.05, 3.63) is 35.9 Å². The molecule has 21 heavy (non-hydrogen) atoms. The zero-order valence-electron chi connectivity index (χ0n) is 12.7. The van der Waals surface area contributed by atoms with Gasteiger partial charge in [-0.2, -0.15) is 11.8 Å². The normalized spacial score (nSPS) is 14.1. The topological polar surface area (TPSA) is 69.6 Å². The lowest BCUT2D eigenvalue weighted by atomic mass is 9.86. The Morgan fingerprint density at radius 2 is 1.95 bits per heavy atom. The minimum Gasteiger partial charge on any atom is -0.480 e. The molecule has 0 amide bonds. The number of carboxylic acid groups (broad SMARTS) is 1. The molecule has 1 unspecified atom stereocenters. The van der Waals surface area contributed by atoms with Crippen molar-refractivity contribution in [2.45, 2.75) is 38.3 Å². The lowest BCUT2D eigenvalue weighted by molar-refractivity contribution is -0.146. The molecule has 0 radical (unpaired) electrons. The highest BCUT2D eigenvalue weighted by Crippen LogP contribution is 2.28. The van der Waals surface area contributed by atoms with E-state index >= 15 is 0 Å². The van der Waals surface area contributed by atoms with Gasteiger partial charge in [-0.3, -0.25) is 5.32 Å². The van der Waals surface area contributed by atoms with E-state index in [1.165, 1.54) is 0 Å². The average Bonchev–Trinajstić information content (AvgIpc) is 2.46. The molecule has 0 saturated carbocycles. The molecule has 4 nitrogen and oxygen atoms in total. The lowest BCUT2D eigenvalue weighted by Gasteiger charge is -2.33. The quantitative estimate of drug-likeness (QED) is 0.579. The molecule has 3 N–H and O–H groups in total. The van der Waals surface area contributed by atoms with Crippen LogP contribution in [-0.2, 0) is 10.3 Å². The summed E-state index contributed by atoms with van der Waals surface area (Å²) in [6.45, 7) is 4.10. The van der Waals surface area contributed by atoms with E-state index in [9.17, 15) is 9.90 Å². The fourth-order valence-electron chi connectivity index (χ4n) is 2.30. The average molecular weight is 311 g/mol. The van der Waals surface area contributed by atoms with E-state index in [4.69, 9.17) is 5.11 Å². The highest BCUT2D eigenvalue weighted by atomic mass is 32.2. The number of aliphatic hydroxyl groups is 1. The van der Waals surface area contributed by atoms with Gasteiger partial charge in [-0.1, -0.05) is 30.3 Å². The summed E-state index contributed by atoms with van der Waals surface area (Å²) in [5.74, 6) is 0.744. The zero-order chi connectivity index (χ0) is 15.7. The summed E-state index contributed by atoms with van der Waals surface area (Å²) >= 11 is 1.68. The number of benzene rings is 1. The largest absolute Gasteiger partial charge is 0.480 e. The molecule has 118 valence electrons. The third kappa shape index (κ3) is 5.34. The van der Waals surface area contributed by atoms with Gasteiger partial charge in [0.25, 0.3) is 0 Å². The maximum absolute atomic E-state index is 12.0. The summed E-state index contributed by atoms with van der Waals surface area (Å²) in [5, 5.41) is 21.8. The number of thioether (sulfide) groups is 1. The number of nitrogens with one attached hydrogen (secondary N) is 1. The fourth-order valence-corrected chi connectivity index (χ4v) is 3.29. The van der Waals surface area contributed by atoms with Crippen molar-refractivity contribution in [1.82, 2.24) is 5.32 Å². The van der Waals surface area contributed by atoms with Crippen LogP contribution in [0.15, 0.2) is 30.3 Å². The smallest absolute Gasteiger partial charge is 0.328 e. The first-order valence-corrected chi connectivity index (χ1v) is 8.43. The molecule has 5 heteroatoms. The number of hydrogen-bond acceptors (Lipinski definition) is 4. The van der Waals surface area contributed by atoms with Gasteiger partial charge in [0.2, 0.25) is 0 Å². The van der Waals surface area contributed by atoms with Gasteiger partial charge in [-0.15, -0.1) is 0 Å². The molecule has 0 spiro atoms. The van der Waals surface area contributed by atoms with Crippen LogP contribution in [0.2, 0.25) is 0 Å². The summed E-state index contributed by atoms with van der Waals surface area (Å²) in [6, 6.07) is 9.43. The van der Waals surface area contributed by atoms with Crippen LogP contribution in [0.3, 0.4) is 0 Å². The number of aliphatic hydroxyl groups excluding tert-OH is 1. The highest BCUT2D eigenvalue weighted by Gasteiger charge is 2.40. The van der Waals surface area contributed by atoms with Gasteiger partial charge in [0, 0.05) is 12.6 Å². The Labute approximate surface area is 131 Å². The van der Waals surface area contributed by atoms with Gasteiger partial charge in [-0.25, -0.2) is 4.79 Å². The monoisotopic (exact) mass is 311 g/mol. The van der Waals surface area contributed by atoms with Gasteiger partial charge in [0.1, 0.15) is 5.54 Å². The maximum atomic E-state index is 12.0. The minimum absolute atomic E-state index is 0.0729. The summed E-state index contributed by atoms with van der Waals surface area (Å²) in [6.07, 6.45) is 1.26. The van der Waals surface area contributed by atoms with Crippen LogP contribution in [0.4, 0.5) is 0 Å². The fraction of sp³-hybridized carbons (Fsp3) is 0.562. The predicted octanol–water partition coefficient (Wildman–Crippen LogP) is 2.47. The number of carbonyl (C=O) groups is 1. The Hall–Kier alpha value is -1.04. The molecular formula is C16H25NO3S. The summed E-state index contributed by atoms with van der Waals surface area (Å²) < 4.78 is 0. The Kier molecular flexibility index (Phi) is 7.78. The van der Waals surface area contributed by atoms with Gasteiger partial charge in [0.15, 0.2) is 0 Å². The standard InChI is InChI=1S/C16H25NO3S/c1-13(2)17-16(15(19)20,9-12-21-11-6-10-18)14-7-4-3-5-8-14/h3-5,7-8,13,17-18H,6,9-12H2,1-2H3,(H,19,20). The van der Waals surface area contributed by atoms with Crippen LogP contribution in [-0.4, -0.2) is 40.3 Å². The molecule has 0 aromatic heterocycles. The molecule has 0 saturated heterocycles. The maximum Gasteiger partial charge on any atom is 0.328 e. The third-order valence-corrected chi connectivity index (χ3v) is 4.31. The molecule has 0 aliphatic heterocycles. The van der Waals surface area contributed by atoms with Crippen molar-refractivity contribution in [3.8, 4) is 0 Å². The molecule has 0 bridgehead atoms. The van der Waals surface area contributed by atoms with E-state index in [0.717, 1.165) is 23.5 Å².